The molecule has 1 saturated carbocycles. The van der Waals surface area contributed by atoms with Gasteiger partial charge in [-0.1, -0.05) is 26.2 Å². The molecule has 0 radical (unpaired) electrons. The number of nitrogens with zero attached hydrogens (tertiary/aromatic N) is 1. The molecule has 0 amide bonds. The summed E-state index contributed by atoms with van der Waals surface area (Å²) in [5.74, 6) is 2.06. The highest BCUT2D eigenvalue weighted by Gasteiger charge is 2.32. The van der Waals surface area contributed by atoms with Gasteiger partial charge in [-0.3, -0.25) is 0 Å². The van der Waals surface area contributed by atoms with Gasteiger partial charge in [-0.2, -0.15) is 0 Å². The first-order valence-electron chi connectivity index (χ1n) is 7.29. The molecule has 0 spiro atoms. The monoisotopic (exact) mass is 224 g/mol. The molecule has 1 aliphatic heterocycles. The number of hydrogen-bond donors (Lipinski definition) is 1. The van der Waals surface area contributed by atoms with Crippen molar-refractivity contribution in [3.63, 3.8) is 0 Å². The summed E-state index contributed by atoms with van der Waals surface area (Å²) in [6, 6.07) is 0.757. The SMILES string of the molecule is CCC(CCN)N1CCC2CCCCC2C1. The maximum atomic E-state index is 5.72. The second kappa shape index (κ2) is 6.02. The second-order valence-electron chi connectivity index (χ2n) is 5.73. The summed E-state index contributed by atoms with van der Waals surface area (Å²) in [4.78, 5) is 2.74. The van der Waals surface area contributed by atoms with Crippen LogP contribution in [0.1, 0.15) is 51.9 Å². The molecule has 2 heteroatoms. The number of piperidine rings is 1. The van der Waals surface area contributed by atoms with Gasteiger partial charge in [0.1, 0.15) is 0 Å². The molecule has 2 nitrogen and oxygen atoms in total. The first-order valence-corrected chi connectivity index (χ1v) is 7.29. The van der Waals surface area contributed by atoms with E-state index in [4.69, 9.17) is 5.73 Å². The number of fused-ring (bicyclic) bond motifs is 1. The van der Waals surface area contributed by atoms with E-state index in [1.807, 2.05) is 0 Å². The van der Waals surface area contributed by atoms with Crippen molar-refractivity contribution < 1.29 is 0 Å². The van der Waals surface area contributed by atoms with Crippen molar-refractivity contribution in [2.45, 2.75) is 57.9 Å². The molecule has 94 valence electrons. The number of hydrogen-bond acceptors (Lipinski definition) is 2. The molecule has 2 fully saturated rings. The van der Waals surface area contributed by atoms with E-state index in [1.165, 1.54) is 58.0 Å². The average molecular weight is 224 g/mol. The van der Waals surface area contributed by atoms with Crippen LogP contribution >= 0.6 is 0 Å². The third-order valence-electron chi connectivity index (χ3n) is 4.81. The lowest BCUT2D eigenvalue weighted by Gasteiger charge is -2.44. The van der Waals surface area contributed by atoms with Crippen LogP contribution in [-0.4, -0.2) is 30.6 Å². The maximum Gasteiger partial charge on any atom is 0.0105 e. The van der Waals surface area contributed by atoms with Gasteiger partial charge in [0.2, 0.25) is 0 Å². The first kappa shape index (κ1) is 12.4. The van der Waals surface area contributed by atoms with Crippen LogP contribution in [-0.2, 0) is 0 Å². The van der Waals surface area contributed by atoms with E-state index in [0.29, 0.717) is 0 Å². The zero-order chi connectivity index (χ0) is 11.4. The highest BCUT2D eigenvalue weighted by atomic mass is 15.2. The fourth-order valence-electron chi connectivity index (χ4n) is 3.80. The zero-order valence-corrected chi connectivity index (χ0v) is 10.8. The Kier molecular flexibility index (Phi) is 4.66. The molecule has 0 bridgehead atoms. The van der Waals surface area contributed by atoms with Crippen molar-refractivity contribution in [3.05, 3.63) is 0 Å². The molecule has 16 heavy (non-hydrogen) atoms. The van der Waals surface area contributed by atoms with E-state index in [-0.39, 0.29) is 0 Å². The molecule has 0 aromatic rings. The zero-order valence-electron chi connectivity index (χ0n) is 10.8. The Bertz CT molecular complexity index is 205. The summed E-state index contributed by atoms with van der Waals surface area (Å²) in [5.41, 5.74) is 5.72. The van der Waals surface area contributed by atoms with Gasteiger partial charge in [0.15, 0.2) is 0 Å². The molecule has 1 saturated heterocycles. The minimum absolute atomic E-state index is 0.757. The van der Waals surface area contributed by atoms with Crippen LogP contribution in [0.25, 0.3) is 0 Å². The lowest BCUT2D eigenvalue weighted by molar-refractivity contribution is 0.0532. The highest BCUT2D eigenvalue weighted by Crippen LogP contribution is 2.36. The van der Waals surface area contributed by atoms with Crippen molar-refractivity contribution in [3.8, 4) is 0 Å². The minimum atomic E-state index is 0.757. The molecule has 1 heterocycles. The standard InChI is InChI=1S/C14H28N2/c1-2-14(7-9-15)16-10-8-12-5-3-4-6-13(12)11-16/h12-14H,2-11,15H2,1H3. The van der Waals surface area contributed by atoms with Crippen molar-refractivity contribution in [1.82, 2.24) is 4.90 Å². The molecular weight excluding hydrogens is 196 g/mol. The Morgan fingerprint density at radius 2 is 1.94 bits per heavy atom. The van der Waals surface area contributed by atoms with Crippen LogP contribution in [0.5, 0.6) is 0 Å². The summed E-state index contributed by atoms with van der Waals surface area (Å²) in [6.45, 7) is 5.86. The molecule has 2 aliphatic rings. The van der Waals surface area contributed by atoms with Crippen molar-refractivity contribution in [2.75, 3.05) is 19.6 Å². The average Bonchev–Trinajstić information content (AvgIpc) is 2.35. The minimum Gasteiger partial charge on any atom is -0.330 e. The third kappa shape index (κ3) is 2.78. The fraction of sp³-hybridized carbons (Fsp3) is 1.00. The van der Waals surface area contributed by atoms with Crippen LogP contribution in [0.15, 0.2) is 0 Å². The Hall–Kier alpha value is -0.0800. The lowest BCUT2D eigenvalue weighted by Crippen LogP contribution is -2.47. The van der Waals surface area contributed by atoms with Gasteiger partial charge in [0, 0.05) is 12.6 Å². The largest absolute Gasteiger partial charge is 0.330 e. The Morgan fingerprint density at radius 3 is 2.62 bits per heavy atom. The van der Waals surface area contributed by atoms with Gasteiger partial charge >= 0.3 is 0 Å². The van der Waals surface area contributed by atoms with E-state index < -0.39 is 0 Å². The molecule has 0 aromatic carbocycles. The van der Waals surface area contributed by atoms with Gasteiger partial charge in [-0.05, 0) is 50.6 Å². The Balaban J connectivity index is 1.88. The maximum absolute atomic E-state index is 5.72. The van der Waals surface area contributed by atoms with Gasteiger partial charge in [-0.15, -0.1) is 0 Å². The molecule has 3 atom stereocenters. The summed E-state index contributed by atoms with van der Waals surface area (Å²) in [6.07, 6.45) is 9.87. The van der Waals surface area contributed by atoms with E-state index in [1.54, 1.807) is 0 Å². The summed E-state index contributed by atoms with van der Waals surface area (Å²) in [7, 11) is 0. The van der Waals surface area contributed by atoms with Gasteiger partial charge in [-0.25, -0.2) is 0 Å². The van der Waals surface area contributed by atoms with Gasteiger partial charge in [0.25, 0.3) is 0 Å². The van der Waals surface area contributed by atoms with Crippen molar-refractivity contribution >= 4 is 0 Å². The fourth-order valence-corrected chi connectivity index (χ4v) is 3.80. The molecule has 0 aromatic heterocycles. The predicted octanol–water partition coefficient (Wildman–Crippen LogP) is 2.63. The van der Waals surface area contributed by atoms with Crippen molar-refractivity contribution in [2.24, 2.45) is 17.6 Å². The number of rotatable bonds is 4. The quantitative estimate of drug-likeness (QED) is 0.795. The van der Waals surface area contributed by atoms with Crippen LogP contribution in [0, 0.1) is 11.8 Å². The topological polar surface area (TPSA) is 29.3 Å². The summed E-state index contributed by atoms with van der Waals surface area (Å²) >= 11 is 0. The third-order valence-corrected chi connectivity index (χ3v) is 4.81. The van der Waals surface area contributed by atoms with Crippen LogP contribution < -0.4 is 5.73 Å². The Morgan fingerprint density at radius 1 is 1.19 bits per heavy atom. The lowest BCUT2D eigenvalue weighted by atomic mass is 9.74. The highest BCUT2D eigenvalue weighted by molar-refractivity contribution is 4.86. The van der Waals surface area contributed by atoms with E-state index in [9.17, 15) is 0 Å². The van der Waals surface area contributed by atoms with Crippen LogP contribution in [0.4, 0.5) is 0 Å². The van der Waals surface area contributed by atoms with Gasteiger partial charge in [0.05, 0.1) is 0 Å². The van der Waals surface area contributed by atoms with Crippen LogP contribution in [0.3, 0.4) is 0 Å². The summed E-state index contributed by atoms with van der Waals surface area (Å²) in [5, 5.41) is 0. The van der Waals surface area contributed by atoms with E-state index >= 15 is 0 Å². The predicted molar refractivity (Wildman–Crippen MR) is 69.4 cm³/mol. The van der Waals surface area contributed by atoms with Gasteiger partial charge < -0.3 is 10.6 Å². The smallest absolute Gasteiger partial charge is 0.0105 e. The molecule has 1 aliphatic carbocycles. The number of nitrogens with two attached hydrogens (primary N) is 1. The molecule has 2 N–H and O–H groups in total. The molecule has 2 rings (SSSR count). The number of likely N-dealkylation sites (tertiary alicyclic amines) is 1. The van der Waals surface area contributed by atoms with E-state index in [0.717, 1.165) is 24.4 Å². The Labute approximate surface area is 101 Å². The molecule has 3 unspecified atom stereocenters. The second-order valence-corrected chi connectivity index (χ2v) is 5.73. The molecular formula is C14H28N2. The first-order chi connectivity index (χ1) is 7.85. The summed E-state index contributed by atoms with van der Waals surface area (Å²) < 4.78 is 0. The van der Waals surface area contributed by atoms with Crippen molar-refractivity contribution in [1.29, 1.82) is 0 Å². The normalized spacial score (nSPS) is 33.4. The van der Waals surface area contributed by atoms with Crippen LogP contribution in [0.2, 0.25) is 0 Å². The van der Waals surface area contributed by atoms with E-state index in [2.05, 4.69) is 11.8 Å².